The second-order valence-corrected chi connectivity index (χ2v) is 7.95. The van der Waals surface area contributed by atoms with Gasteiger partial charge in [0.1, 0.15) is 0 Å². The van der Waals surface area contributed by atoms with Crippen LogP contribution in [-0.4, -0.2) is 39.3 Å². The third-order valence-corrected chi connectivity index (χ3v) is 6.17. The van der Waals surface area contributed by atoms with Crippen LogP contribution in [0.2, 0.25) is 0 Å². The van der Waals surface area contributed by atoms with Gasteiger partial charge in [0, 0.05) is 19.6 Å². The molecule has 1 aromatic rings. The number of benzene rings is 1. The summed E-state index contributed by atoms with van der Waals surface area (Å²) >= 11 is 0. The summed E-state index contributed by atoms with van der Waals surface area (Å²) in [5, 5.41) is 10.8. The summed E-state index contributed by atoms with van der Waals surface area (Å²) in [6.45, 7) is 6.96. The van der Waals surface area contributed by atoms with Crippen LogP contribution in [0, 0.1) is 6.07 Å². The Morgan fingerprint density at radius 1 is 0.667 bits per heavy atom. The van der Waals surface area contributed by atoms with Crippen molar-refractivity contribution >= 4 is 0 Å². The van der Waals surface area contributed by atoms with Gasteiger partial charge in [0.05, 0.1) is 0 Å². The zero-order valence-corrected chi connectivity index (χ0v) is 14.9. The van der Waals surface area contributed by atoms with Gasteiger partial charge in [-0.1, -0.05) is 12.1 Å². The standard InChI is InChI=1S/C21H32N3/c1-4-16(13-22-7-1)19-10-20(17-5-2-8-23-14-17)12-21(11-19)18-6-3-9-24-15-18/h10-11,16-18,22-24H,1-9,13-15H2. The summed E-state index contributed by atoms with van der Waals surface area (Å²) in [6, 6.07) is 8.85. The minimum absolute atomic E-state index is 0.658. The zero-order chi connectivity index (χ0) is 16.2. The van der Waals surface area contributed by atoms with Crippen LogP contribution in [-0.2, 0) is 0 Å². The highest BCUT2D eigenvalue weighted by Crippen LogP contribution is 2.33. The molecule has 3 heteroatoms. The van der Waals surface area contributed by atoms with E-state index in [-0.39, 0.29) is 0 Å². The largest absolute Gasteiger partial charge is 0.316 e. The fraction of sp³-hybridized carbons (Fsp3) is 0.714. The zero-order valence-electron chi connectivity index (χ0n) is 14.9. The Balaban J connectivity index is 1.63. The summed E-state index contributed by atoms with van der Waals surface area (Å²) in [5.74, 6) is 2.01. The molecule has 3 N–H and O–H groups in total. The van der Waals surface area contributed by atoms with Crippen LogP contribution in [0.25, 0.3) is 0 Å². The van der Waals surface area contributed by atoms with E-state index < -0.39 is 0 Å². The monoisotopic (exact) mass is 326 g/mol. The minimum Gasteiger partial charge on any atom is -0.316 e. The second-order valence-electron chi connectivity index (χ2n) is 7.95. The van der Waals surface area contributed by atoms with Gasteiger partial charge in [-0.2, -0.15) is 0 Å². The smallest absolute Gasteiger partial charge is 0.00203 e. The Labute approximate surface area is 147 Å². The molecule has 3 saturated heterocycles. The lowest BCUT2D eigenvalue weighted by Gasteiger charge is -2.29. The summed E-state index contributed by atoms with van der Waals surface area (Å²) < 4.78 is 0. The summed E-state index contributed by atoms with van der Waals surface area (Å²) in [5.41, 5.74) is 4.53. The van der Waals surface area contributed by atoms with E-state index in [1.807, 2.05) is 0 Å². The fourth-order valence-corrected chi connectivity index (χ4v) is 4.69. The molecule has 0 bridgehead atoms. The maximum absolute atomic E-state index is 3.86. The highest BCUT2D eigenvalue weighted by Gasteiger charge is 2.23. The van der Waals surface area contributed by atoms with Crippen molar-refractivity contribution in [1.29, 1.82) is 0 Å². The molecular formula is C21H32N3. The van der Waals surface area contributed by atoms with Gasteiger partial charge >= 0.3 is 0 Å². The lowest BCUT2D eigenvalue weighted by Crippen LogP contribution is -2.31. The second kappa shape index (κ2) is 7.99. The molecule has 0 spiro atoms. The fourth-order valence-electron chi connectivity index (χ4n) is 4.69. The minimum atomic E-state index is 0.658. The molecule has 3 nitrogen and oxygen atoms in total. The van der Waals surface area contributed by atoms with Crippen molar-refractivity contribution in [1.82, 2.24) is 16.0 Å². The molecule has 3 fully saturated rings. The SMILES string of the molecule is [c]1c(C2CCCNC2)cc(C2CCCNC2)cc1C1CCCNC1. The highest BCUT2D eigenvalue weighted by molar-refractivity contribution is 5.36. The van der Waals surface area contributed by atoms with Gasteiger partial charge in [-0.15, -0.1) is 0 Å². The first-order valence-corrected chi connectivity index (χ1v) is 10.1. The van der Waals surface area contributed by atoms with Gasteiger partial charge in [0.25, 0.3) is 0 Å². The molecule has 3 unspecified atom stereocenters. The van der Waals surface area contributed by atoms with Crippen LogP contribution in [0.5, 0.6) is 0 Å². The van der Waals surface area contributed by atoms with Crippen LogP contribution in [0.15, 0.2) is 12.1 Å². The topological polar surface area (TPSA) is 36.1 Å². The summed E-state index contributed by atoms with van der Waals surface area (Å²) in [6.07, 6.45) is 7.88. The van der Waals surface area contributed by atoms with Crippen molar-refractivity contribution in [2.24, 2.45) is 0 Å². The van der Waals surface area contributed by atoms with E-state index in [1.165, 1.54) is 69.3 Å². The highest BCUT2D eigenvalue weighted by atomic mass is 14.9. The predicted molar refractivity (Wildman–Crippen MR) is 99.8 cm³/mol. The Bertz CT molecular complexity index is 435. The first kappa shape index (κ1) is 16.6. The Kier molecular flexibility index (Phi) is 5.51. The van der Waals surface area contributed by atoms with Gasteiger partial charge in [0.15, 0.2) is 0 Å². The van der Waals surface area contributed by atoms with E-state index in [2.05, 4.69) is 34.1 Å². The van der Waals surface area contributed by atoms with Gasteiger partial charge in [-0.3, -0.25) is 0 Å². The third kappa shape index (κ3) is 3.84. The van der Waals surface area contributed by atoms with Gasteiger partial charge in [0.2, 0.25) is 0 Å². The normalized spacial score (nSPS) is 31.8. The molecule has 3 atom stereocenters. The first-order valence-electron chi connectivity index (χ1n) is 10.1. The summed E-state index contributed by atoms with van der Waals surface area (Å²) in [7, 11) is 0. The molecule has 1 aromatic carbocycles. The lowest BCUT2D eigenvalue weighted by atomic mass is 9.81. The van der Waals surface area contributed by atoms with Gasteiger partial charge < -0.3 is 16.0 Å². The van der Waals surface area contributed by atoms with Crippen LogP contribution in [0.1, 0.15) is 73.0 Å². The van der Waals surface area contributed by atoms with E-state index >= 15 is 0 Å². The van der Waals surface area contributed by atoms with E-state index in [0.717, 1.165) is 19.6 Å². The molecule has 24 heavy (non-hydrogen) atoms. The number of nitrogens with one attached hydrogen (secondary N) is 3. The number of hydrogen-bond acceptors (Lipinski definition) is 3. The van der Waals surface area contributed by atoms with E-state index in [9.17, 15) is 0 Å². The predicted octanol–water partition coefficient (Wildman–Crippen LogP) is 2.89. The molecule has 3 aliphatic heterocycles. The van der Waals surface area contributed by atoms with Gasteiger partial charge in [-0.25, -0.2) is 0 Å². The van der Waals surface area contributed by atoms with Crippen molar-refractivity contribution in [3.63, 3.8) is 0 Å². The van der Waals surface area contributed by atoms with Crippen LogP contribution in [0.3, 0.4) is 0 Å². The van der Waals surface area contributed by atoms with Gasteiger partial charge in [-0.05, 0) is 98.7 Å². The van der Waals surface area contributed by atoms with Crippen LogP contribution >= 0.6 is 0 Å². The van der Waals surface area contributed by atoms with Crippen molar-refractivity contribution in [2.45, 2.75) is 56.3 Å². The van der Waals surface area contributed by atoms with Crippen molar-refractivity contribution in [3.8, 4) is 0 Å². The van der Waals surface area contributed by atoms with Crippen LogP contribution < -0.4 is 16.0 Å². The van der Waals surface area contributed by atoms with Crippen molar-refractivity contribution in [2.75, 3.05) is 39.3 Å². The molecule has 4 rings (SSSR count). The average molecular weight is 327 g/mol. The molecule has 1 radical (unpaired) electrons. The van der Waals surface area contributed by atoms with Crippen LogP contribution in [0.4, 0.5) is 0 Å². The first-order chi connectivity index (χ1) is 11.9. The molecule has 3 heterocycles. The molecular weight excluding hydrogens is 294 g/mol. The molecule has 131 valence electrons. The number of hydrogen-bond donors (Lipinski definition) is 3. The number of piperidine rings is 3. The lowest BCUT2D eigenvalue weighted by molar-refractivity contribution is 0.445. The molecule has 3 aliphatic rings. The van der Waals surface area contributed by atoms with E-state index in [1.54, 1.807) is 5.56 Å². The number of rotatable bonds is 3. The third-order valence-electron chi connectivity index (χ3n) is 6.17. The Hall–Kier alpha value is -0.900. The maximum Gasteiger partial charge on any atom is 0.00203 e. The average Bonchev–Trinajstić information content (AvgIpc) is 2.70. The summed E-state index contributed by atoms with van der Waals surface area (Å²) in [4.78, 5) is 0. The Morgan fingerprint density at radius 2 is 1.12 bits per heavy atom. The van der Waals surface area contributed by atoms with Crippen molar-refractivity contribution < 1.29 is 0 Å². The molecule has 0 aliphatic carbocycles. The molecule has 0 saturated carbocycles. The maximum atomic E-state index is 3.86. The molecule has 0 amide bonds. The van der Waals surface area contributed by atoms with Crippen molar-refractivity contribution in [3.05, 3.63) is 34.9 Å². The van der Waals surface area contributed by atoms with E-state index in [4.69, 9.17) is 0 Å². The Morgan fingerprint density at radius 3 is 1.54 bits per heavy atom. The van der Waals surface area contributed by atoms with E-state index in [0.29, 0.717) is 17.8 Å². The molecule has 0 aromatic heterocycles. The quantitative estimate of drug-likeness (QED) is 0.799.